The Morgan fingerprint density at radius 1 is 1.26 bits per heavy atom. The third-order valence-electron chi connectivity index (χ3n) is 4.84. The molecule has 3 heterocycles. The van der Waals surface area contributed by atoms with Crippen LogP contribution in [-0.4, -0.2) is 48.8 Å². The predicted octanol–water partition coefficient (Wildman–Crippen LogP) is 2.51. The van der Waals surface area contributed by atoms with E-state index in [1.54, 1.807) is 11.0 Å². The van der Waals surface area contributed by atoms with Gasteiger partial charge in [-0.3, -0.25) is 9.48 Å². The minimum atomic E-state index is 0.1000. The van der Waals surface area contributed by atoms with Gasteiger partial charge >= 0.3 is 0 Å². The van der Waals surface area contributed by atoms with E-state index in [1.165, 1.54) is 6.33 Å². The number of aromatic nitrogens is 5. The number of hydrogen-bond donors (Lipinski definition) is 0. The second-order valence-corrected chi connectivity index (χ2v) is 6.76. The Morgan fingerprint density at radius 2 is 2.15 bits per heavy atom. The van der Waals surface area contributed by atoms with Gasteiger partial charge in [-0.25, -0.2) is 4.98 Å². The number of nitrogens with zero attached hydrogens (tertiary/aromatic N) is 6. The van der Waals surface area contributed by atoms with E-state index in [0.717, 1.165) is 31.4 Å². The summed E-state index contributed by atoms with van der Waals surface area (Å²) < 4.78 is 7.24. The Morgan fingerprint density at radius 3 is 2.96 bits per heavy atom. The van der Waals surface area contributed by atoms with Crippen molar-refractivity contribution in [3.05, 3.63) is 48.9 Å². The zero-order chi connectivity index (χ0) is 18.5. The molecule has 27 heavy (non-hydrogen) atoms. The van der Waals surface area contributed by atoms with Crippen molar-refractivity contribution in [2.75, 3.05) is 13.1 Å². The average Bonchev–Trinajstić information content (AvgIpc) is 3.41. The highest BCUT2D eigenvalue weighted by Crippen LogP contribution is 2.28. The largest absolute Gasteiger partial charge is 0.342 e. The van der Waals surface area contributed by atoms with E-state index in [9.17, 15) is 4.79 Å². The first-order valence-corrected chi connectivity index (χ1v) is 9.29. The van der Waals surface area contributed by atoms with Gasteiger partial charge < -0.3 is 9.42 Å². The number of hydrogen-bond acceptors (Lipinski definition) is 6. The molecule has 0 radical (unpaired) electrons. The second-order valence-electron chi connectivity index (χ2n) is 6.76. The molecule has 1 atom stereocenters. The van der Waals surface area contributed by atoms with Crippen molar-refractivity contribution in [3.8, 4) is 11.4 Å². The Labute approximate surface area is 157 Å². The molecule has 0 N–H and O–H groups in total. The number of carbonyl (C=O) groups is 1. The van der Waals surface area contributed by atoms with Crippen molar-refractivity contribution in [3.63, 3.8) is 0 Å². The van der Waals surface area contributed by atoms with E-state index >= 15 is 0 Å². The van der Waals surface area contributed by atoms with Crippen LogP contribution in [0.4, 0.5) is 0 Å². The fourth-order valence-electron chi connectivity index (χ4n) is 3.41. The first-order valence-electron chi connectivity index (χ1n) is 9.29. The Bertz CT molecular complexity index is 861. The molecule has 1 aliphatic heterocycles. The topological polar surface area (TPSA) is 89.9 Å². The molecule has 4 rings (SSSR count). The normalized spacial score (nSPS) is 17.2. The van der Waals surface area contributed by atoms with Gasteiger partial charge in [0.05, 0.1) is 5.92 Å². The van der Waals surface area contributed by atoms with Gasteiger partial charge in [0.15, 0.2) is 0 Å². The minimum absolute atomic E-state index is 0.1000. The van der Waals surface area contributed by atoms with Gasteiger partial charge in [-0.1, -0.05) is 35.5 Å². The van der Waals surface area contributed by atoms with E-state index < -0.39 is 0 Å². The van der Waals surface area contributed by atoms with E-state index in [0.29, 0.717) is 31.2 Å². The van der Waals surface area contributed by atoms with Gasteiger partial charge in [0.1, 0.15) is 12.7 Å². The van der Waals surface area contributed by atoms with Crippen LogP contribution in [-0.2, 0) is 11.3 Å². The monoisotopic (exact) mass is 366 g/mol. The molecule has 8 nitrogen and oxygen atoms in total. The quantitative estimate of drug-likeness (QED) is 0.666. The summed E-state index contributed by atoms with van der Waals surface area (Å²) in [7, 11) is 0. The zero-order valence-corrected chi connectivity index (χ0v) is 15.1. The van der Waals surface area contributed by atoms with Crippen molar-refractivity contribution in [2.45, 2.75) is 38.1 Å². The Balaban J connectivity index is 1.34. The highest BCUT2D eigenvalue weighted by atomic mass is 16.5. The Hall–Kier alpha value is -3.03. The fraction of sp³-hybridized carbons (Fsp3) is 0.421. The number of carbonyl (C=O) groups excluding carboxylic acids is 1. The van der Waals surface area contributed by atoms with Gasteiger partial charge in [0.25, 0.3) is 0 Å². The van der Waals surface area contributed by atoms with Crippen LogP contribution < -0.4 is 0 Å². The summed E-state index contributed by atoms with van der Waals surface area (Å²) in [5.74, 6) is 1.49. The number of benzene rings is 1. The predicted molar refractivity (Wildman–Crippen MR) is 97.5 cm³/mol. The molecule has 1 aromatic carbocycles. The van der Waals surface area contributed by atoms with Crippen LogP contribution in [0.3, 0.4) is 0 Å². The molecule has 8 heteroatoms. The maximum Gasteiger partial charge on any atom is 0.231 e. The smallest absolute Gasteiger partial charge is 0.231 e. The van der Waals surface area contributed by atoms with Crippen LogP contribution in [0.2, 0.25) is 0 Å². The van der Waals surface area contributed by atoms with E-state index in [2.05, 4.69) is 20.2 Å². The van der Waals surface area contributed by atoms with Crippen molar-refractivity contribution < 1.29 is 9.32 Å². The maximum absolute atomic E-state index is 12.5. The fourth-order valence-corrected chi connectivity index (χ4v) is 3.41. The third-order valence-corrected chi connectivity index (χ3v) is 4.84. The van der Waals surface area contributed by atoms with Crippen LogP contribution in [0.1, 0.15) is 37.5 Å². The summed E-state index contributed by atoms with van der Waals surface area (Å²) in [6.07, 6.45) is 6.34. The summed E-state index contributed by atoms with van der Waals surface area (Å²) in [6, 6.07) is 9.77. The molecule has 1 amide bonds. The lowest BCUT2D eigenvalue weighted by atomic mass is 9.97. The number of rotatable bonds is 6. The molecule has 1 saturated heterocycles. The lowest BCUT2D eigenvalue weighted by Gasteiger charge is -2.31. The molecule has 1 aliphatic rings. The SMILES string of the molecule is O=C(CCCn1cncn1)N1CCC[C@H](c2nc(-c3ccccc3)no2)C1. The van der Waals surface area contributed by atoms with Crippen molar-refractivity contribution >= 4 is 5.91 Å². The summed E-state index contributed by atoms with van der Waals surface area (Å²) >= 11 is 0. The lowest BCUT2D eigenvalue weighted by Crippen LogP contribution is -2.39. The molecule has 0 aliphatic carbocycles. The van der Waals surface area contributed by atoms with Crippen molar-refractivity contribution in [1.82, 2.24) is 29.8 Å². The third kappa shape index (κ3) is 4.21. The van der Waals surface area contributed by atoms with E-state index in [4.69, 9.17) is 4.52 Å². The van der Waals surface area contributed by atoms with Crippen LogP contribution >= 0.6 is 0 Å². The van der Waals surface area contributed by atoms with Gasteiger partial charge in [-0.2, -0.15) is 10.1 Å². The van der Waals surface area contributed by atoms with Gasteiger partial charge in [0, 0.05) is 31.6 Å². The van der Waals surface area contributed by atoms with Gasteiger partial charge in [0.2, 0.25) is 17.6 Å². The minimum Gasteiger partial charge on any atom is -0.342 e. The van der Waals surface area contributed by atoms with Crippen LogP contribution in [0, 0.1) is 0 Å². The molecular formula is C19H22N6O2. The van der Waals surface area contributed by atoms with Crippen LogP contribution in [0.15, 0.2) is 47.5 Å². The standard InChI is InChI=1S/C19H22N6O2/c26-17(9-5-11-25-14-20-13-21-25)24-10-4-8-16(12-24)19-22-18(23-27-19)15-6-2-1-3-7-15/h1-3,6-7,13-14,16H,4-5,8-12H2/t16-/m0/s1. The molecule has 1 fully saturated rings. The summed E-state index contributed by atoms with van der Waals surface area (Å²) in [6.45, 7) is 2.13. The van der Waals surface area contributed by atoms with Gasteiger partial charge in [-0.05, 0) is 19.3 Å². The molecule has 3 aromatic rings. The van der Waals surface area contributed by atoms with Crippen molar-refractivity contribution in [1.29, 1.82) is 0 Å². The molecule has 2 aromatic heterocycles. The number of piperidine rings is 1. The molecule has 0 bridgehead atoms. The van der Waals surface area contributed by atoms with E-state index in [-0.39, 0.29) is 11.8 Å². The number of likely N-dealkylation sites (tertiary alicyclic amines) is 1. The summed E-state index contributed by atoms with van der Waals surface area (Å²) in [5, 5.41) is 8.16. The molecule has 0 saturated carbocycles. The average molecular weight is 366 g/mol. The lowest BCUT2D eigenvalue weighted by molar-refractivity contribution is -0.132. The van der Waals surface area contributed by atoms with Gasteiger partial charge in [-0.15, -0.1) is 0 Å². The summed E-state index contributed by atoms with van der Waals surface area (Å²) in [5.41, 5.74) is 0.935. The van der Waals surface area contributed by atoms with Crippen LogP contribution in [0.5, 0.6) is 0 Å². The highest BCUT2D eigenvalue weighted by molar-refractivity contribution is 5.76. The van der Waals surface area contributed by atoms with E-state index in [1.807, 2.05) is 35.2 Å². The van der Waals surface area contributed by atoms with Crippen molar-refractivity contribution in [2.24, 2.45) is 0 Å². The highest BCUT2D eigenvalue weighted by Gasteiger charge is 2.28. The molecule has 0 spiro atoms. The first-order chi connectivity index (χ1) is 13.3. The maximum atomic E-state index is 12.5. The molecular weight excluding hydrogens is 344 g/mol. The summed E-state index contributed by atoms with van der Waals surface area (Å²) in [4.78, 5) is 22.9. The molecule has 0 unspecified atom stereocenters. The molecule has 140 valence electrons. The van der Waals surface area contributed by atoms with Crippen LogP contribution in [0.25, 0.3) is 11.4 Å². The Kier molecular flexibility index (Phi) is 5.22. The second kappa shape index (κ2) is 8.11. The first kappa shape index (κ1) is 17.4. The number of aryl methyl sites for hydroxylation is 1. The zero-order valence-electron chi connectivity index (χ0n) is 15.1. The number of amides is 1.